The Morgan fingerprint density at radius 1 is 1.21 bits per heavy atom. The van der Waals surface area contributed by atoms with E-state index in [2.05, 4.69) is 6.92 Å². The molecule has 0 saturated carbocycles. The highest BCUT2D eigenvalue weighted by atomic mass is 16.6. The predicted molar refractivity (Wildman–Crippen MR) is 88.1 cm³/mol. The first-order chi connectivity index (χ1) is 11.5. The molecule has 0 aliphatic heterocycles. The third kappa shape index (κ3) is 4.65. The summed E-state index contributed by atoms with van der Waals surface area (Å²) < 4.78 is 10.1. The summed E-state index contributed by atoms with van der Waals surface area (Å²) in [5.41, 5.74) is -1.46. The number of carbonyl (C=O) groups is 1. The average Bonchev–Trinajstić information content (AvgIpc) is 2.54. The van der Waals surface area contributed by atoms with Crippen LogP contribution in [0.15, 0.2) is 33.5 Å². The van der Waals surface area contributed by atoms with Crippen LogP contribution >= 0.6 is 0 Å². The van der Waals surface area contributed by atoms with E-state index in [9.17, 15) is 19.7 Å². The highest BCUT2D eigenvalue weighted by molar-refractivity contribution is 5.81. The van der Waals surface area contributed by atoms with E-state index in [0.29, 0.717) is 11.8 Å². The Kier molecular flexibility index (Phi) is 6.06. The molecule has 24 heavy (non-hydrogen) atoms. The number of rotatable bonds is 8. The third-order valence-corrected chi connectivity index (χ3v) is 3.60. The van der Waals surface area contributed by atoms with Crippen molar-refractivity contribution in [3.63, 3.8) is 0 Å². The lowest BCUT2D eigenvalue weighted by atomic mass is 10.1. The van der Waals surface area contributed by atoms with Gasteiger partial charge in [0.05, 0.1) is 4.92 Å². The molecule has 128 valence electrons. The van der Waals surface area contributed by atoms with Crippen molar-refractivity contribution in [1.82, 2.24) is 0 Å². The van der Waals surface area contributed by atoms with E-state index in [1.807, 2.05) is 0 Å². The van der Waals surface area contributed by atoms with Crippen LogP contribution in [-0.2, 0) is 4.79 Å². The zero-order valence-electron chi connectivity index (χ0n) is 13.4. The molecule has 0 fully saturated rings. The van der Waals surface area contributed by atoms with E-state index in [1.165, 1.54) is 18.2 Å². The Labute approximate surface area is 138 Å². The Hall–Kier alpha value is -2.70. The normalized spacial score (nSPS) is 10.7. The van der Waals surface area contributed by atoms with Gasteiger partial charge in [-0.2, -0.15) is 0 Å². The molecule has 0 N–H and O–H groups in total. The molecule has 7 heteroatoms. The van der Waals surface area contributed by atoms with Crippen molar-refractivity contribution < 1.29 is 18.9 Å². The highest BCUT2D eigenvalue weighted by Crippen LogP contribution is 2.23. The van der Waals surface area contributed by atoms with Crippen LogP contribution in [0.25, 0.3) is 11.0 Å². The molecule has 1 heterocycles. The molecule has 0 spiro atoms. The molecule has 0 atom stereocenters. The van der Waals surface area contributed by atoms with Crippen LogP contribution in [0.1, 0.15) is 45.4 Å². The van der Waals surface area contributed by atoms with Gasteiger partial charge in [-0.15, -0.1) is 0 Å². The summed E-state index contributed by atoms with van der Waals surface area (Å²) in [6.07, 6.45) is 5.48. The van der Waals surface area contributed by atoms with Crippen LogP contribution < -0.4 is 10.4 Å². The predicted octanol–water partition coefficient (Wildman–Crippen LogP) is 3.97. The van der Waals surface area contributed by atoms with Gasteiger partial charge in [0.15, 0.2) is 0 Å². The number of hydrogen-bond donors (Lipinski definition) is 0. The Bertz CT molecular complexity index is 795. The molecule has 7 nitrogen and oxygen atoms in total. The van der Waals surface area contributed by atoms with Gasteiger partial charge in [-0.3, -0.25) is 14.9 Å². The maximum atomic E-state index is 11.8. The number of unbranched alkanes of at least 4 members (excludes halogenated alkanes) is 4. The number of benzene rings is 1. The number of carbonyl (C=O) groups excluding carboxylic acids is 1. The van der Waals surface area contributed by atoms with Crippen LogP contribution in [-0.4, -0.2) is 10.9 Å². The fourth-order valence-electron chi connectivity index (χ4n) is 2.34. The Morgan fingerprint density at radius 3 is 2.67 bits per heavy atom. The van der Waals surface area contributed by atoms with Gasteiger partial charge in [0.1, 0.15) is 11.3 Å². The minimum atomic E-state index is -1.01. The monoisotopic (exact) mass is 333 g/mol. The molecule has 2 aromatic rings. The molecule has 0 aliphatic carbocycles. The number of nitrogens with zero attached hydrogens (tertiary/aromatic N) is 1. The second-order valence-electron chi connectivity index (χ2n) is 5.51. The standard InChI is InChI=1S/C17H19NO6/c1-2-3-4-5-6-7-16(19)23-13-8-9-15-12(10-13)11-14(18(21)22)17(20)24-15/h8-11H,2-7H2,1H3. The maximum absolute atomic E-state index is 11.8. The first-order valence-corrected chi connectivity index (χ1v) is 7.94. The van der Waals surface area contributed by atoms with Crippen molar-refractivity contribution in [2.45, 2.75) is 45.4 Å². The molecule has 1 aromatic heterocycles. The third-order valence-electron chi connectivity index (χ3n) is 3.60. The number of hydrogen-bond acceptors (Lipinski definition) is 6. The maximum Gasteiger partial charge on any atom is 0.415 e. The lowest BCUT2D eigenvalue weighted by molar-refractivity contribution is -0.387. The topological polar surface area (TPSA) is 99.7 Å². The molecule has 1 aromatic carbocycles. The van der Waals surface area contributed by atoms with Crippen molar-refractivity contribution in [2.24, 2.45) is 0 Å². The van der Waals surface area contributed by atoms with Gasteiger partial charge < -0.3 is 9.15 Å². The molecule has 0 unspecified atom stereocenters. The zero-order valence-corrected chi connectivity index (χ0v) is 13.4. The largest absolute Gasteiger partial charge is 0.427 e. The average molecular weight is 333 g/mol. The molecule has 2 rings (SSSR count). The molecule has 0 bridgehead atoms. The van der Waals surface area contributed by atoms with E-state index in [0.717, 1.165) is 38.2 Å². The smallest absolute Gasteiger partial charge is 0.415 e. The van der Waals surface area contributed by atoms with Crippen molar-refractivity contribution in [3.8, 4) is 5.75 Å². The quantitative estimate of drug-likeness (QED) is 0.181. The first-order valence-electron chi connectivity index (χ1n) is 7.94. The lowest BCUT2D eigenvalue weighted by Crippen LogP contribution is -2.08. The summed E-state index contributed by atoms with van der Waals surface area (Å²) in [6, 6.07) is 5.50. The van der Waals surface area contributed by atoms with Crippen LogP contribution in [0.4, 0.5) is 5.69 Å². The van der Waals surface area contributed by atoms with Crippen LogP contribution in [0, 0.1) is 10.1 Å². The number of nitro groups is 1. The van der Waals surface area contributed by atoms with Gasteiger partial charge in [0.2, 0.25) is 0 Å². The SMILES string of the molecule is CCCCCCCC(=O)Oc1ccc2oc(=O)c([N+](=O)[O-])cc2c1. The van der Waals surface area contributed by atoms with Gasteiger partial charge in [-0.05, 0) is 24.6 Å². The van der Waals surface area contributed by atoms with Gasteiger partial charge in [-0.25, -0.2) is 4.79 Å². The van der Waals surface area contributed by atoms with Gasteiger partial charge in [0, 0.05) is 17.9 Å². The fraction of sp³-hybridized carbons (Fsp3) is 0.412. The van der Waals surface area contributed by atoms with Crippen molar-refractivity contribution in [3.05, 3.63) is 44.8 Å². The Balaban J connectivity index is 2.04. The lowest BCUT2D eigenvalue weighted by Gasteiger charge is -2.05. The molecule has 0 radical (unpaired) electrons. The number of fused-ring (bicyclic) bond motifs is 1. The second-order valence-corrected chi connectivity index (χ2v) is 5.51. The second kappa shape index (κ2) is 8.24. The van der Waals surface area contributed by atoms with E-state index >= 15 is 0 Å². The summed E-state index contributed by atoms with van der Waals surface area (Å²) >= 11 is 0. The molecule has 0 aliphatic rings. The first kappa shape index (κ1) is 17.7. The zero-order chi connectivity index (χ0) is 17.5. The summed E-state index contributed by atoms with van der Waals surface area (Å²) in [5.74, 6) is -0.0815. The fourth-order valence-corrected chi connectivity index (χ4v) is 2.34. The van der Waals surface area contributed by atoms with Gasteiger partial charge in [-0.1, -0.05) is 32.6 Å². The molecule has 0 saturated heterocycles. The summed E-state index contributed by atoms with van der Waals surface area (Å²) in [4.78, 5) is 33.2. The number of esters is 1. The van der Waals surface area contributed by atoms with E-state index in [4.69, 9.17) is 9.15 Å². The minimum Gasteiger partial charge on any atom is -0.427 e. The molecular formula is C17H19NO6. The molecular weight excluding hydrogens is 314 g/mol. The Morgan fingerprint density at radius 2 is 1.96 bits per heavy atom. The van der Waals surface area contributed by atoms with E-state index in [1.54, 1.807) is 0 Å². The molecule has 0 amide bonds. The van der Waals surface area contributed by atoms with Gasteiger partial charge in [0.25, 0.3) is 0 Å². The summed E-state index contributed by atoms with van der Waals surface area (Å²) in [6.45, 7) is 2.13. The minimum absolute atomic E-state index is 0.199. The van der Waals surface area contributed by atoms with E-state index in [-0.39, 0.29) is 17.3 Å². The number of ether oxygens (including phenoxy) is 1. The summed E-state index contributed by atoms with van der Waals surface area (Å²) in [7, 11) is 0. The van der Waals surface area contributed by atoms with Crippen molar-refractivity contribution >= 4 is 22.6 Å². The van der Waals surface area contributed by atoms with Crippen molar-refractivity contribution in [2.75, 3.05) is 0 Å². The van der Waals surface area contributed by atoms with E-state index < -0.39 is 16.2 Å². The van der Waals surface area contributed by atoms with Crippen LogP contribution in [0.5, 0.6) is 5.75 Å². The van der Waals surface area contributed by atoms with Crippen LogP contribution in [0.3, 0.4) is 0 Å². The highest BCUT2D eigenvalue weighted by Gasteiger charge is 2.16. The van der Waals surface area contributed by atoms with Crippen LogP contribution in [0.2, 0.25) is 0 Å². The van der Waals surface area contributed by atoms with Gasteiger partial charge >= 0.3 is 17.3 Å². The van der Waals surface area contributed by atoms with Crippen molar-refractivity contribution in [1.29, 1.82) is 0 Å². The summed E-state index contributed by atoms with van der Waals surface area (Å²) in [5, 5.41) is 11.1.